The summed E-state index contributed by atoms with van der Waals surface area (Å²) >= 11 is 0. The van der Waals surface area contributed by atoms with Crippen LogP contribution in [0.3, 0.4) is 0 Å². The maximum atomic E-state index is 4.85. The molecule has 0 radical (unpaired) electrons. The molecule has 0 aliphatic carbocycles. The summed E-state index contributed by atoms with van der Waals surface area (Å²) in [7, 11) is 2.07. The van der Waals surface area contributed by atoms with Gasteiger partial charge >= 0.3 is 0 Å². The second-order valence-electron chi connectivity index (χ2n) is 6.49. The Balaban J connectivity index is 1.74. The van der Waals surface area contributed by atoms with Crippen LogP contribution in [0.1, 0.15) is 5.56 Å². The Bertz CT molecular complexity index is 1240. The van der Waals surface area contributed by atoms with Gasteiger partial charge in [0, 0.05) is 28.5 Å². The van der Waals surface area contributed by atoms with Crippen molar-refractivity contribution in [3.8, 4) is 0 Å². The number of para-hydroxylation sites is 3. The molecule has 0 N–H and O–H groups in total. The molecule has 0 amide bonds. The number of hydrogen-bond donors (Lipinski definition) is 0. The molecule has 3 heteroatoms. The molecule has 0 saturated carbocycles. The Kier molecular flexibility index (Phi) is 3.32. The van der Waals surface area contributed by atoms with Crippen LogP contribution in [0.25, 0.3) is 32.7 Å². The van der Waals surface area contributed by atoms with E-state index in [9.17, 15) is 0 Å². The smallest absolute Gasteiger partial charge is 0.212 e. The van der Waals surface area contributed by atoms with E-state index in [2.05, 4.69) is 96.7 Å². The molecule has 3 nitrogen and oxygen atoms in total. The van der Waals surface area contributed by atoms with Crippen molar-refractivity contribution >= 4 is 38.9 Å². The monoisotopic (exact) mass is 336 g/mol. The van der Waals surface area contributed by atoms with E-state index in [1.165, 1.54) is 21.7 Å². The summed E-state index contributed by atoms with van der Waals surface area (Å²) in [5, 5.41) is 8.50. The summed E-state index contributed by atoms with van der Waals surface area (Å²) in [5.41, 5.74) is 4.55. The van der Waals surface area contributed by atoms with E-state index in [0.29, 0.717) is 0 Å². The summed E-state index contributed by atoms with van der Waals surface area (Å²) in [5.74, 6) is 0. The van der Waals surface area contributed by atoms with E-state index in [1.54, 1.807) is 0 Å². The molecule has 5 aromatic rings. The third kappa shape index (κ3) is 2.21. The van der Waals surface area contributed by atoms with E-state index in [0.717, 1.165) is 16.6 Å². The fourth-order valence-corrected chi connectivity index (χ4v) is 3.65. The highest BCUT2D eigenvalue weighted by atomic mass is 15.3. The van der Waals surface area contributed by atoms with Crippen LogP contribution in [0.2, 0.25) is 0 Å². The molecule has 124 valence electrons. The third-order valence-electron chi connectivity index (χ3n) is 4.94. The van der Waals surface area contributed by atoms with Crippen molar-refractivity contribution in [3.63, 3.8) is 0 Å². The predicted molar refractivity (Wildman–Crippen MR) is 108 cm³/mol. The molecular formula is C23H18N3+. The first kappa shape index (κ1) is 14.8. The van der Waals surface area contributed by atoms with Gasteiger partial charge in [0.1, 0.15) is 7.05 Å². The number of aromatic nitrogens is 2. The van der Waals surface area contributed by atoms with E-state index < -0.39 is 0 Å². The second kappa shape index (κ2) is 5.81. The van der Waals surface area contributed by atoms with Gasteiger partial charge in [0.05, 0.1) is 22.6 Å². The van der Waals surface area contributed by atoms with Gasteiger partial charge in [-0.1, -0.05) is 48.5 Å². The van der Waals surface area contributed by atoms with Crippen molar-refractivity contribution in [2.24, 2.45) is 12.1 Å². The largest absolute Gasteiger partial charge is 0.232 e. The van der Waals surface area contributed by atoms with Crippen LogP contribution >= 0.6 is 0 Å². The van der Waals surface area contributed by atoms with Crippen LogP contribution in [0, 0.1) is 0 Å². The Morgan fingerprint density at radius 3 is 2.00 bits per heavy atom. The molecule has 2 heterocycles. The minimum atomic E-state index is 1.11. The highest BCUT2D eigenvalue weighted by Gasteiger charge is 2.10. The van der Waals surface area contributed by atoms with Crippen LogP contribution in [-0.4, -0.2) is 10.9 Å². The maximum Gasteiger partial charge on any atom is 0.212 e. The quantitative estimate of drug-likeness (QED) is 0.330. The predicted octanol–water partition coefficient (Wildman–Crippen LogP) is 4.65. The van der Waals surface area contributed by atoms with E-state index in [1.807, 2.05) is 10.9 Å². The molecule has 0 atom stereocenters. The SMILES string of the molecule is C[n+]1ccc(C=Nn2c3ccccc3c3ccccc32)c2ccccc21. The third-order valence-corrected chi connectivity index (χ3v) is 4.94. The number of hydrogen-bond acceptors (Lipinski definition) is 1. The lowest BCUT2D eigenvalue weighted by molar-refractivity contribution is -0.644. The van der Waals surface area contributed by atoms with E-state index >= 15 is 0 Å². The lowest BCUT2D eigenvalue weighted by Crippen LogP contribution is -2.28. The Morgan fingerprint density at radius 1 is 0.731 bits per heavy atom. The first-order valence-electron chi connectivity index (χ1n) is 8.73. The molecule has 5 rings (SSSR count). The van der Waals surface area contributed by atoms with Crippen molar-refractivity contribution in [2.75, 3.05) is 0 Å². The van der Waals surface area contributed by atoms with Gasteiger partial charge < -0.3 is 0 Å². The van der Waals surface area contributed by atoms with Crippen LogP contribution in [-0.2, 0) is 7.05 Å². The van der Waals surface area contributed by atoms with Gasteiger partial charge in [0.2, 0.25) is 5.52 Å². The van der Waals surface area contributed by atoms with Gasteiger partial charge in [-0.2, -0.15) is 5.10 Å². The average Bonchev–Trinajstić information content (AvgIpc) is 3.02. The summed E-state index contributed by atoms with van der Waals surface area (Å²) in [4.78, 5) is 0. The summed E-state index contributed by atoms with van der Waals surface area (Å²) in [6.07, 6.45) is 4.04. The fourth-order valence-electron chi connectivity index (χ4n) is 3.65. The average molecular weight is 336 g/mol. The molecule has 0 aliphatic rings. The summed E-state index contributed by atoms with van der Waals surface area (Å²) in [6.45, 7) is 0. The van der Waals surface area contributed by atoms with Crippen molar-refractivity contribution < 1.29 is 4.57 Å². The minimum Gasteiger partial charge on any atom is -0.232 e. The first-order valence-corrected chi connectivity index (χ1v) is 8.73. The van der Waals surface area contributed by atoms with E-state index in [-0.39, 0.29) is 0 Å². The zero-order chi connectivity index (χ0) is 17.5. The van der Waals surface area contributed by atoms with Gasteiger partial charge in [-0.05, 0) is 18.2 Å². The molecule has 0 saturated heterocycles. The van der Waals surface area contributed by atoms with Crippen molar-refractivity contribution in [1.82, 2.24) is 4.68 Å². The Hall–Kier alpha value is -3.46. The highest BCUT2D eigenvalue weighted by Crippen LogP contribution is 2.28. The van der Waals surface area contributed by atoms with Gasteiger partial charge in [-0.3, -0.25) is 0 Å². The van der Waals surface area contributed by atoms with Crippen LogP contribution in [0.15, 0.2) is 90.2 Å². The normalized spacial score (nSPS) is 11.9. The number of nitrogens with zero attached hydrogens (tertiary/aromatic N) is 3. The molecular weight excluding hydrogens is 318 g/mol. The zero-order valence-corrected chi connectivity index (χ0v) is 14.5. The van der Waals surface area contributed by atoms with Gasteiger partial charge in [0.15, 0.2) is 6.20 Å². The van der Waals surface area contributed by atoms with Crippen LogP contribution < -0.4 is 4.57 Å². The highest BCUT2D eigenvalue weighted by molar-refractivity contribution is 6.08. The lowest BCUT2D eigenvalue weighted by atomic mass is 10.1. The number of benzene rings is 3. The van der Waals surface area contributed by atoms with Gasteiger partial charge in [-0.15, -0.1) is 0 Å². The van der Waals surface area contributed by atoms with Crippen LogP contribution in [0.4, 0.5) is 0 Å². The van der Waals surface area contributed by atoms with E-state index in [4.69, 9.17) is 5.10 Å². The molecule has 26 heavy (non-hydrogen) atoms. The van der Waals surface area contributed by atoms with Crippen molar-refractivity contribution in [1.29, 1.82) is 0 Å². The minimum absolute atomic E-state index is 1.11. The van der Waals surface area contributed by atoms with Gasteiger partial charge in [-0.25, -0.2) is 9.24 Å². The molecule has 0 bridgehead atoms. The summed E-state index contributed by atoms with van der Waals surface area (Å²) in [6, 6.07) is 27.3. The zero-order valence-electron chi connectivity index (χ0n) is 14.5. The molecule has 3 aromatic carbocycles. The van der Waals surface area contributed by atoms with Gasteiger partial charge in [0.25, 0.3) is 0 Å². The molecule has 0 fully saturated rings. The van der Waals surface area contributed by atoms with Crippen LogP contribution in [0.5, 0.6) is 0 Å². The number of rotatable bonds is 2. The Labute approximate surface area is 151 Å². The molecule has 0 aliphatic heterocycles. The molecule has 2 aromatic heterocycles. The van der Waals surface area contributed by atoms with Crippen molar-refractivity contribution in [2.45, 2.75) is 0 Å². The standard InChI is InChI=1S/C23H18N3/c1-25-15-14-17(18-8-2-5-11-21(18)25)16-24-26-22-12-6-3-9-19(22)20-10-4-7-13-23(20)26/h2-16H,1H3/q+1. The Morgan fingerprint density at radius 2 is 1.31 bits per heavy atom. The summed E-state index contributed by atoms with van der Waals surface area (Å²) < 4.78 is 4.17. The number of aryl methyl sites for hydroxylation is 1. The second-order valence-corrected chi connectivity index (χ2v) is 6.49. The fraction of sp³-hybridized carbons (Fsp3) is 0.0435. The number of pyridine rings is 1. The molecule has 0 unspecified atom stereocenters. The number of fused-ring (bicyclic) bond motifs is 4. The lowest BCUT2D eigenvalue weighted by Gasteiger charge is -2.02. The first-order chi connectivity index (χ1) is 12.8. The topological polar surface area (TPSA) is 21.2 Å². The molecule has 0 spiro atoms. The van der Waals surface area contributed by atoms with Crippen molar-refractivity contribution in [3.05, 3.63) is 90.6 Å². The maximum absolute atomic E-state index is 4.85.